The number of ether oxygens (including phenoxy) is 1. The highest BCUT2D eigenvalue weighted by atomic mass is 16.5. The maximum atomic E-state index is 6.30. The number of oxazole rings is 1. The van der Waals surface area contributed by atoms with Crippen molar-refractivity contribution in [3.63, 3.8) is 0 Å². The zero-order valence-electron chi connectivity index (χ0n) is 27.4. The van der Waals surface area contributed by atoms with E-state index in [4.69, 9.17) is 18.0 Å². The van der Waals surface area contributed by atoms with Crippen LogP contribution in [0.15, 0.2) is 104 Å². The third-order valence-corrected chi connectivity index (χ3v) is 9.26. The number of para-hydroxylation sites is 2. The predicted octanol–water partition coefficient (Wildman–Crippen LogP) is 8.15. The maximum Gasteiger partial charge on any atom is 0.374 e. The van der Waals surface area contributed by atoms with E-state index in [2.05, 4.69) is 73.6 Å². The second kappa shape index (κ2) is 12.1. The van der Waals surface area contributed by atoms with Crippen molar-refractivity contribution in [3.8, 4) is 5.75 Å². The number of fused-ring (bicyclic) bond motifs is 8. The molecule has 7 heteroatoms. The zero-order valence-corrected chi connectivity index (χ0v) is 27.4. The van der Waals surface area contributed by atoms with Crippen molar-refractivity contribution in [1.29, 1.82) is 0 Å². The van der Waals surface area contributed by atoms with Crippen LogP contribution < -0.4 is 19.1 Å². The van der Waals surface area contributed by atoms with Crippen LogP contribution >= 0.6 is 0 Å². The van der Waals surface area contributed by atoms with E-state index >= 15 is 0 Å². The van der Waals surface area contributed by atoms with E-state index in [-0.39, 0.29) is 0 Å². The summed E-state index contributed by atoms with van der Waals surface area (Å²) in [7, 11) is 4.05. The van der Waals surface area contributed by atoms with Crippen LogP contribution in [0, 0.1) is 0 Å². The number of furan rings is 2. The van der Waals surface area contributed by atoms with Gasteiger partial charge in [0.1, 0.15) is 29.4 Å². The Labute approximate surface area is 268 Å². The lowest BCUT2D eigenvalue weighted by Gasteiger charge is -2.11. The monoisotopic (exact) mass is 615 g/mol. The molecular weight excluding hydrogens is 574 g/mol. The molecule has 7 aromatic rings. The molecule has 0 saturated heterocycles. The van der Waals surface area contributed by atoms with Crippen LogP contribution in [0.5, 0.6) is 5.75 Å². The van der Waals surface area contributed by atoms with Gasteiger partial charge in [0, 0.05) is 52.9 Å². The second-order valence-corrected chi connectivity index (χ2v) is 11.9. The number of aryl methyl sites for hydroxylation is 1. The van der Waals surface area contributed by atoms with E-state index in [1.807, 2.05) is 62.6 Å². The average Bonchev–Trinajstić information content (AvgIpc) is 3.80. The van der Waals surface area contributed by atoms with Crippen molar-refractivity contribution >= 4 is 66.7 Å². The molecule has 1 aliphatic heterocycles. The van der Waals surface area contributed by atoms with Gasteiger partial charge in [-0.3, -0.25) is 0 Å². The van der Waals surface area contributed by atoms with E-state index in [0.29, 0.717) is 0 Å². The molecule has 0 atom stereocenters. The molecule has 0 spiro atoms. The van der Waals surface area contributed by atoms with Crippen LogP contribution in [0.4, 0.5) is 5.69 Å². The Balaban J connectivity index is 0.000000437. The van der Waals surface area contributed by atoms with Gasteiger partial charge in [-0.05, 0) is 51.0 Å². The zero-order chi connectivity index (χ0) is 31.9. The summed E-state index contributed by atoms with van der Waals surface area (Å²) in [5.41, 5.74) is 7.31. The number of benzene rings is 4. The molecule has 0 fully saturated rings. The van der Waals surface area contributed by atoms with Gasteiger partial charge in [0.25, 0.3) is 5.52 Å². The summed E-state index contributed by atoms with van der Waals surface area (Å²) in [6.07, 6.45) is 4.97. The van der Waals surface area contributed by atoms with E-state index in [9.17, 15) is 0 Å². The molecule has 1 aliphatic rings. The van der Waals surface area contributed by atoms with Crippen LogP contribution in [0.1, 0.15) is 40.0 Å². The summed E-state index contributed by atoms with van der Waals surface area (Å²) in [5, 5.41) is 4.38. The molecule has 4 heterocycles. The van der Waals surface area contributed by atoms with Crippen LogP contribution in [0.3, 0.4) is 0 Å². The fourth-order valence-corrected chi connectivity index (χ4v) is 6.34. The summed E-state index contributed by atoms with van der Waals surface area (Å²) < 4.78 is 26.8. The number of aromatic nitrogens is 1. The Morgan fingerprint density at radius 1 is 0.717 bits per heavy atom. The molecule has 0 unspecified atom stereocenters. The van der Waals surface area contributed by atoms with Gasteiger partial charge in [-0.25, -0.2) is 0 Å². The molecule has 0 saturated carbocycles. The van der Waals surface area contributed by atoms with Gasteiger partial charge < -0.3 is 27.8 Å². The van der Waals surface area contributed by atoms with Crippen LogP contribution in [-0.4, -0.2) is 26.7 Å². The van der Waals surface area contributed by atoms with Gasteiger partial charge in [-0.15, -0.1) is 0 Å². The quantitative estimate of drug-likeness (QED) is 0.191. The van der Waals surface area contributed by atoms with Crippen molar-refractivity contribution in [3.05, 3.63) is 96.2 Å². The second-order valence-electron chi connectivity index (χ2n) is 11.9. The first-order chi connectivity index (χ1) is 22.4. The van der Waals surface area contributed by atoms with Gasteiger partial charge in [0.2, 0.25) is 11.5 Å². The van der Waals surface area contributed by atoms with E-state index in [1.54, 1.807) is 4.90 Å². The number of nitrogens with one attached hydrogen (secondary N) is 1. The number of nitrogens with zero attached hydrogens (tertiary/aromatic N) is 2. The van der Waals surface area contributed by atoms with Crippen molar-refractivity contribution in [1.82, 2.24) is 0 Å². The Hall–Kier alpha value is -5.01. The minimum absolute atomic E-state index is 0.762. The lowest BCUT2D eigenvalue weighted by molar-refractivity contribution is -0.894. The molecule has 234 valence electrons. The number of hydrogen-bond donors (Lipinski definition) is 1. The third-order valence-electron chi connectivity index (χ3n) is 9.26. The number of rotatable bonds is 6. The predicted molar refractivity (Wildman–Crippen MR) is 186 cm³/mol. The van der Waals surface area contributed by atoms with Gasteiger partial charge in [0.05, 0.1) is 31.4 Å². The van der Waals surface area contributed by atoms with E-state index in [0.717, 1.165) is 90.2 Å². The molecule has 0 radical (unpaired) electrons. The molecule has 46 heavy (non-hydrogen) atoms. The summed E-state index contributed by atoms with van der Waals surface area (Å²) >= 11 is 0. The van der Waals surface area contributed by atoms with Gasteiger partial charge >= 0.3 is 5.89 Å². The fourth-order valence-electron chi connectivity index (χ4n) is 6.34. The Bertz CT molecular complexity index is 2270. The Kier molecular flexibility index (Phi) is 7.79. The molecule has 0 bridgehead atoms. The summed E-state index contributed by atoms with van der Waals surface area (Å²) in [5.74, 6) is 2.31. The highest BCUT2D eigenvalue weighted by molar-refractivity contribution is 6.08. The summed E-state index contributed by atoms with van der Waals surface area (Å²) in [4.78, 5) is 3.76. The molecule has 7 nitrogen and oxygen atoms in total. The highest BCUT2D eigenvalue weighted by Gasteiger charge is 2.26. The van der Waals surface area contributed by atoms with E-state index < -0.39 is 0 Å². The average molecular weight is 616 g/mol. The van der Waals surface area contributed by atoms with Gasteiger partial charge in [-0.2, -0.15) is 4.57 Å². The molecular formula is C39H41N3O4+2. The first-order valence-electron chi connectivity index (χ1n) is 16.3. The molecule has 3 aromatic heterocycles. The molecule has 0 aliphatic carbocycles. The largest absolute Gasteiger partial charge is 0.456 e. The first kappa shape index (κ1) is 29.7. The van der Waals surface area contributed by atoms with Crippen molar-refractivity contribution in [2.24, 2.45) is 7.05 Å². The van der Waals surface area contributed by atoms with Gasteiger partial charge in [0.15, 0.2) is 5.75 Å². The minimum atomic E-state index is 0.762. The Morgan fingerprint density at radius 3 is 1.93 bits per heavy atom. The number of allylic oxidation sites excluding steroid dienone is 2. The van der Waals surface area contributed by atoms with Crippen LogP contribution in [0.2, 0.25) is 0 Å². The van der Waals surface area contributed by atoms with E-state index in [1.165, 1.54) is 19.6 Å². The number of quaternary nitrogens is 1. The first-order valence-corrected chi connectivity index (χ1v) is 16.3. The minimum Gasteiger partial charge on any atom is -0.456 e. The topological polar surface area (TPSA) is 60.2 Å². The smallest absolute Gasteiger partial charge is 0.374 e. The maximum absolute atomic E-state index is 6.30. The Morgan fingerprint density at radius 2 is 1.33 bits per heavy atom. The number of anilines is 1. The summed E-state index contributed by atoms with van der Waals surface area (Å²) in [6.45, 7) is 12.6. The lowest BCUT2D eigenvalue weighted by Crippen LogP contribution is -3.11. The molecule has 4 aromatic carbocycles. The normalized spacial score (nSPS) is 14.3. The molecule has 0 amide bonds. The third kappa shape index (κ3) is 5.11. The highest BCUT2D eigenvalue weighted by Crippen LogP contribution is 2.43. The summed E-state index contributed by atoms with van der Waals surface area (Å²) in [6, 6.07) is 24.5. The fraction of sp³-hybridized carbons (Fsp3) is 0.256. The van der Waals surface area contributed by atoms with Crippen molar-refractivity contribution in [2.75, 3.05) is 31.6 Å². The lowest BCUT2D eigenvalue weighted by atomic mass is 10.1. The standard InChI is InChI=1S/C33H25N2O4.C6H15N/c1-4-19(13-32-34(2)24-15-22-20-9-5-7-11-26(20)36-28(22)17-30(24)38-32)14-33-35(3)25-16-23-21-10-6-8-12-27(21)37-29(23)18-31(25)39-33;1-4-7(5-2)6-3/h5-18H,4H2,1-3H3;4-6H2,1-3H3/q+1;/p+1. The van der Waals surface area contributed by atoms with Gasteiger partial charge in [-0.1, -0.05) is 43.3 Å². The van der Waals surface area contributed by atoms with Crippen LogP contribution in [0.25, 0.3) is 61.1 Å². The van der Waals surface area contributed by atoms with Crippen LogP contribution in [-0.2, 0) is 7.05 Å². The molecule has 1 N–H and O–H groups in total. The number of hydrogen-bond acceptors (Lipinski definition) is 5. The van der Waals surface area contributed by atoms with Crippen molar-refractivity contribution in [2.45, 2.75) is 34.1 Å². The molecule has 8 rings (SSSR count). The SMILES string of the molecule is CCC(/C=C1\Oc2cc3oc4ccccc4c3cc2N1C)=C\c1oc2cc3oc4ccccc4c3cc2[n+]1C.CC[NH+](CC)CC. The van der Waals surface area contributed by atoms with Crippen molar-refractivity contribution < 1.29 is 27.5 Å².